The second-order valence-electron chi connectivity index (χ2n) is 5.88. The fourth-order valence-electron chi connectivity index (χ4n) is 3.13. The number of aliphatic hydroxyl groups is 1. The monoisotopic (exact) mass is 317 g/mol. The number of likely N-dealkylation sites (tertiary alicyclic amines) is 1. The van der Waals surface area contributed by atoms with Crippen LogP contribution >= 0.6 is 0 Å². The average molecular weight is 317 g/mol. The van der Waals surface area contributed by atoms with E-state index in [0.29, 0.717) is 13.2 Å². The number of nitrogens with one attached hydrogen (secondary N) is 1. The Bertz CT molecular complexity index is 683. The smallest absolute Gasteiger partial charge is 0.322 e. The largest absolute Gasteiger partial charge is 0.394 e. The summed E-state index contributed by atoms with van der Waals surface area (Å²) < 4.78 is 7.24. The molecule has 0 aliphatic carbocycles. The van der Waals surface area contributed by atoms with E-state index in [4.69, 9.17) is 4.74 Å². The van der Waals surface area contributed by atoms with E-state index < -0.39 is 0 Å². The number of benzene rings is 1. The van der Waals surface area contributed by atoms with Gasteiger partial charge in [-0.1, -0.05) is 6.07 Å². The van der Waals surface area contributed by atoms with Crippen LogP contribution < -0.4 is 5.32 Å². The fraction of sp³-hybridized carbons (Fsp3) is 0.471. The van der Waals surface area contributed by atoms with Crippen molar-refractivity contribution in [3.8, 4) is 0 Å². The zero-order valence-electron chi connectivity index (χ0n) is 13.4. The molecule has 6 nitrogen and oxygen atoms in total. The molecule has 1 fully saturated rings. The number of urea groups is 1. The zero-order chi connectivity index (χ0) is 16.2. The molecular formula is C17H23N3O3. The standard InChI is InChI=1S/C17H23N3O3/c1-23-10-9-19-8-6-13-4-5-14(11-16(13)19)18-17(22)20-7-2-3-15(20)12-21/h4-6,8,11,15,21H,2-3,7,9-10,12H2,1H3,(H,18,22). The molecule has 1 atom stereocenters. The molecular weight excluding hydrogens is 294 g/mol. The van der Waals surface area contributed by atoms with Crippen LogP contribution in [0.2, 0.25) is 0 Å². The molecule has 1 aromatic heterocycles. The molecule has 1 aromatic carbocycles. The van der Waals surface area contributed by atoms with Crippen LogP contribution in [-0.2, 0) is 11.3 Å². The van der Waals surface area contributed by atoms with E-state index >= 15 is 0 Å². The van der Waals surface area contributed by atoms with Gasteiger partial charge < -0.3 is 24.6 Å². The second kappa shape index (κ2) is 7.02. The van der Waals surface area contributed by atoms with E-state index in [1.165, 1.54) is 0 Å². The second-order valence-corrected chi connectivity index (χ2v) is 5.88. The van der Waals surface area contributed by atoms with Crippen LogP contribution in [0.1, 0.15) is 12.8 Å². The van der Waals surface area contributed by atoms with Gasteiger partial charge in [0.25, 0.3) is 0 Å². The van der Waals surface area contributed by atoms with Gasteiger partial charge in [-0.05, 0) is 36.4 Å². The lowest BCUT2D eigenvalue weighted by molar-refractivity contribution is 0.166. The van der Waals surface area contributed by atoms with Crippen molar-refractivity contribution < 1.29 is 14.6 Å². The average Bonchev–Trinajstić information content (AvgIpc) is 3.19. The topological polar surface area (TPSA) is 66.7 Å². The van der Waals surface area contributed by atoms with Gasteiger partial charge in [0.05, 0.1) is 24.8 Å². The van der Waals surface area contributed by atoms with Gasteiger partial charge >= 0.3 is 6.03 Å². The van der Waals surface area contributed by atoms with Crippen molar-refractivity contribution in [3.63, 3.8) is 0 Å². The van der Waals surface area contributed by atoms with Crippen LogP contribution in [0.25, 0.3) is 10.9 Å². The van der Waals surface area contributed by atoms with E-state index in [0.717, 1.165) is 36.0 Å². The molecule has 124 valence electrons. The predicted octanol–water partition coefficient (Wildman–Crippen LogP) is 2.28. The molecule has 3 rings (SSSR count). The van der Waals surface area contributed by atoms with Gasteiger partial charge in [-0.3, -0.25) is 0 Å². The highest BCUT2D eigenvalue weighted by molar-refractivity contribution is 5.93. The maximum Gasteiger partial charge on any atom is 0.322 e. The summed E-state index contributed by atoms with van der Waals surface area (Å²) in [5, 5.41) is 13.4. The van der Waals surface area contributed by atoms with Crippen LogP contribution in [-0.4, -0.2) is 53.5 Å². The van der Waals surface area contributed by atoms with Crippen LogP contribution in [0, 0.1) is 0 Å². The fourth-order valence-corrected chi connectivity index (χ4v) is 3.13. The maximum absolute atomic E-state index is 12.4. The van der Waals surface area contributed by atoms with Crippen molar-refractivity contribution >= 4 is 22.6 Å². The number of aromatic nitrogens is 1. The molecule has 1 saturated heterocycles. The number of hydrogen-bond acceptors (Lipinski definition) is 3. The lowest BCUT2D eigenvalue weighted by atomic mass is 10.2. The number of anilines is 1. The first-order valence-electron chi connectivity index (χ1n) is 7.99. The van der Waals surface area contributed by atoms with Crippen LogP contribution in [0.5, 0.6) is 0 Å². The molecule has 1 aliphatic rings. The lowest BCUT2D eigenvalue weighted by Crippen LogP contribution is -2.40. The number of carbonyl (C=O) groups is 1. The first kappa shape index (κ1) is 15.8. The summed E-state index contributed by atoms with van der Waals surface area (Å²) in [6.45, 7) is 2.14. The third kappa shape index (κ3) is 3.33. The first-order valence-corrected chi connectivity index (χ1v) is 7.99. The summed E-state index contributed by atoms with van der Waals surface area (Å²) in [5.41, 5.74) is 1.84. The number of aliphatic hydroxyl groups excluding tert-OH is 1. The lowest BCUT2D eigenvalue weighted by Gasteiger charge is -2.23. The number of amides is 2. The third-order valence-corrected chi connectivity index (χ3v) is 4.41. The number of fused-ring (bicyclic) bond motifs is 1. The molecule has 1 unspecified atom stereocenters. The summed E-state index contributed by atoms with van der Waals surface area (Å²) in [4.78, 5) is 14.1. The van der Waals surface area contributed by atoms with Gasteiger partial charge in [-0.2, -0.15) is 0 Å². The number of hydrogen-bond donors (Lipinski definition) is 2. The maximum atomic E-state index is 12.4. The Hall–Kier alpha value is -2.05. The Morgan fingerprint density at radius 1 is 1.43 bits per heavy atom. The Balaban J connectivity index is 1.76. The van der Waals surface area contributed by atoms with E-state index in [9.17, 15) is 9.90 Å². The quantitative estimate of drug-likeness (QED) is 0.889. The first-order chi connectivity index (χ1) is 11.2. The third-order valence-electron chi connectivity index (χ3n) is 4.41. The molecule has 2 N–H and O–H groups in total. The predicted molar refractivity (Wildman–Crippen MR) is 89.6 cm³/mol. The van der Waals surface area contributed by atoms with Gasteiger partial charge in [0.15, 0.2) is 0 Å². The number of ether oxygens (including phenoxy) is 1. The van der Waals surface area contributed by atoms with Gasteiger partial charge in [0.1, 0.15) is 0 Å². The van der Waals surface area contributed by atoms with Crippen LogP contribution in [0.15, 0.2) is 30.5 Å². The Labute approximate surface area is 135 Å². The Morgan fingerprint density at radius 3 is 3.09 bits per heavy atom. The molecule has 2 amide bonds. The van der Waals surface area contributed by atoms with Crippen molar-refractivity contribution in [1.82, 2.24) is 9.47 Å². The SMILES string of the molecule is COCCn1ccc2ccc(NC(=O)N3CCCC3CO)cc21. The molecule has 6 heteroatoms. The van der Waals surface area contributed by atoms with Crippen LogP contribution in [0.4, 0.5) is 10.5 Å². The van der Waals surface area contributed by atoms with E-state index in [1.807, 2.05) is 24.4 Å². The number of methoxy groups -OCH3 is 1. The van der Waals surface area contributed by atoms with E-state index in [-0.39, 0.29) is 18.7 Å². The zero-order valence-corrected chi connectivity index (χ0v) is 13.4. The highest BCUT2D eigenvalue weighted by Crippen LogP contribution is 2.22. The molecule has 23 heavy (non-hydrogen) atoms. The molecule has 0 radical (unpaired) electrons. The summed E-state index contributed by atoms with van der Waals surface area (Å²) in [6, 6.07) is 7.73. The molecule has 2 aromatic rings. The molecule has 0 saturated carbocycles. The molecule has 0 spiro atoms. The van der Waals surface area contributed by atoms with Crippen molar-refractivity contribution in [3.05, 3.63) is 30.5 Å². The van der Waals surface area contributed by atoms with Gasteiger partial charge in [-0.15, -0.1) is 0 Å². The minimum absolute atomic E-state index is 0.0202. The van der Waals surface area contributed by atoms with Gasteiger partial charge in [0, 0.05) is 32.1 Å². The Morgan fingerprint density at radius 2 is 2.30 bits per heavy atom. The summed E-state index contributed by atoms with van der Waals surface area (Å²) >= 11 is 0. The normalized spacial score (nSPS) is 17.8. The van der Waals surface area contributed by atoms with Gasteiger partial charge in [0.2, 0.25) is 0 Å². The molecule has 1 aliphatic heterocycles. The number of carbonyl (C=O) groups excluding carboxylic acids is 1. The van der Waals surface area contributed by atoms with Crippen LogP contribution in [0.3, 0.4) is 0 Å². The van der Waals surface area contributed by atoms with Gasteiger partial charge in [-0.25, -0.2) is 4.79 Å². The van der Waals surface area contributed by atoms with E-state index in [2.05, 4.69) is 16.0 Å². The number of rotatable bonds is 5. The minimum Gasteiger partial charge on any atom is -0.394 e. The van der Waals surface area contributed by atoms with Crippen molar-refractivity contribution in [2.75, 3.05) is 32.2 Å². The Kier molecular flexibility index (Phi) is 4.83. The summed E-state index contributed by atoms with van der Waals surface area (Å²) in [7, 11) is 1.69. The summed E-state index contributed by atoms with van der Waals surface area (Å²) in [5.74, 6) is 0. The van der Waals surface area contributed by atoms with Crippen molar-refractivity contribution in [2.45, 2.75) is 25.4 Å². The molecule has 0 bridgehead atoms. The molecule has 2 heterocycles. The van der Waals surface area contributed by atoms with Crippen molar-refractivity contribution in [1.29, 1.82) is 0 Å². The van der Waals surface area contributed by atoms with E-state index in [1.54, 1.807) is 12.0 Å². The minimum atomic E-state index is -0.143. The summed E-state index contributed by atoms with van der Waals surface area (Å²) in [6.07, 6.45) is 3.83. The highest BCUT2D eigenvalue weighted by atomic mass is 16.5. The van der Waals surface area contributed by atoms with Crippen molar-refractivity contribution in [2.24, 2.45) is 0 Å². The number of nitrogens with zero attached hydrogens (tertiary/aromatic N) is 2. The highest BCUT2D eigenvalue weighted by Gasteiger charge is 2.28.